The zero-order valence-electron chi connectivity index (χ0n) is 7.69. The predicted octanol–water partition coefficient (Wildman–Crippen LogP) is 2.06. The number of methoxy groups -OCH3 is 1. The highest BCUT2D eigenvalue weighted by atomic mass is 31.1. The Morgan fingerprint density at radius 3 is 2.43 bits per heavy atom. The smallest absolute Gasteiger partial charge is 0.365 e. The van der Waals surface area contributed by atoms with Crippen LogP contribution in [0.2, 0.25) is 0 Å². The first-order valence-corrected chi connectivity index (χ1v) is 5.14. The van der Waals surface area contributed by atoms with Gasteiger partial charge in [0.05, 0.1) is 7.11 Å². The molecule has 0 radical (unpaired) electrons. The van der Waals surface area contributed by atoms with Crippen LogP contribution >= 0.6 is 8.25 Å². The van der Waals surface area contributed by atoms with Crippen molar-refractivity contribution in [2.24, 2.45) is 0 Å². The van der Waals surface area contributed by atoms with E-state index in [9.17, 15) is 4.57 Å². The number of rotatable bonds is 4. The molecule has 4 nitrogen and oxygen atoms in total. The molecule has 14 heavy (non-hydrogen) atoms. The third-order valence-electron chi connectivity index (χ3n) is 1.62. The van der Waals surface area contributed by atoms with Gasteiger partial charge in [-0.3, -0.25) is 0 Å². The summed E-state index contributed by atoms with van der Waals surface area (Å²) in [5.41, 5.74) is 0.651. The van der Waals surface area contributed by atoms with E-state index in [0.29, 0.717) is 11.3 Å². The quantitative estimate of drug-likeness (QED) is 0.615. The molecule has 0 heterocycles. The van der Waals surface area contributed by atoms with Crippen LogP contribution in [0.5, 0.6) is 5.75 Å². The van der Waals surface area contributed by atoms with E-state index in [0.717, 1.165) is 0 Å². The predicted molar refractivity (Wildman–Crippen MR) is 54.3 cm³/mol. The van der Waals surface area contributed by atoms with Gasteiger partial charge in [0.25, 0.3) is 0 Å². The Kier molecular flexibility index (Phi) is 3.74. The fourth-order valence-corrected chi connectivity index (χ4v) is 1.27. The molecule has 0 aromatic heterocycles. The van der Waals surface area contributed by atoms with Crippen molar-refractivity contribution in [3.63, 3.8) is 0 Å². The van der Waals surface area contributed by atoms with E-state index < -0.39 is 8.25 Å². The minimum Gasteiger partial charge on any atom is -0.497 e. The van der Waals surface area contributed by atoms with Gasteiger partial charge in [0, 0.05) is 5.56 Å². The van der Waals surface area contributed by atoms with Gasteiger partial charge in [0.15, 0.2) is 0 Å². The van der Waals surface area contributed by atoms with E-state index in [1.54, 1.807) is 31.4 Å². The Morgan fingerprint density at radius 1 is 1.43 bits per heavy atom. The maximum absolute atomic E-state index is 10.4. The zero-order chi connectivity index (χ0) is 10.6. The summed E-state index contributed by atoms with van der Waals surface area (Å²) in [5.74, 6) is 0.886. The summed E-state index contributed by atoms with van der Waals surface area (Å²) < 4.78 is 19.9. The minimum absolute atomic E-state index is 0.180. The van der Waals surface area contributed by atoms with Crippen LogP contribution in [-0.2, 0) is 9.09 Å². The van der Waals surface area contributed by atoms with Crippen molar-refractivity contribution >= 4 is 14.0 Å². The van der Waals surface area contributed by atoms with Crippen LogP contribution in [0, 0.1) is 0 Å². The summed E-state index contributed by atoms with van der Waals surface area (Å²) in [6.07, 6.45) is 0. The molecule has 0 aliphatic rings. The van der Waals surface area contributed by atoms with E-state index in [1.807, 2.05) is 0 Å². The summed E-state index contributed by atoms with van der Waals surface area (Å²) in [6.45, 7) is 3.52. The van der Waals surface area contributed by atoms with Crippen molar-refractivity contribution in [1.29, 1.82) is 0 Å². The molecule has 0 aliphatic heterocycles. The van der Waals surface area contributed by atoms with Gasteiger partial charge in [-0.05, 0) is 24.3 Å². The van der Waals surface area contributed by atoms with Gasteiger partial charge in [0.2, 0.25) is 0 Å². The molecule has 0 saturated carbocycles. The molecule has 1 atom stereocenters. The molecule has 76 valence electrons. The van der Waals surface area contributed by atoms with E-state index in [-0.39, 0.29) is 5.76 Å². The van der Waals surface area contributed by atoms with Crippen molar-refractivity contribution < 1.29 is 18.7 Å². The molecule has 0 amide bonds. The highest BCUT2D eigenvalue weighted by Gasteiger charge is 2.02. The minimum atomic E-state index is -2.98. The largest absolute Gasteiger partial charge is 0.497 e. The molecule has 0 fully saturated rings. The summed E-state index contributed by atoms with van der Waals surface area (Å²) in [7, 11) is -1.41. The molecule has 1 aromatic rings. The monoisotopic (exact) mass is 214 g/mol. The summed E-state index contributed by atoms with van der Waals surface area (Å²) in [6, 6.07) is 6.84. The van der Waals surface area contributed by atoms with Crippen LogP contribution in [0.15, 0.2) is 30.8 Å². The fraction of sp³-hybridized carbons (Fsp3) is 0.111. The van der Waals surface area contributed by atoms with Gasteiger partial charge in [-0.15, -0.1) is 0 Å². The highest BCUT2D eigenvalue weighted by molar-refractivity contribution is 7.32. The Morgan fingerprint density at radius 2 is 2.00 bits per heavy atom. The molecule has 0 saturated heterocycles. The highest BCUT2D eigenvalue weighted by Crippen LogP contribution is 2.27. The number of hydrogen-bond donors (Lipinski definition) is 1. The Hall–Kier alpha value is -1.25. The summed E-state index contributed by atoms with van der Waals surface area (Å²) in [4.78, 5) is 8.52. The van der Waals surface area contributed by atoms with E-state index >= 15 is 0 Å². The van der Waals surface area contributed by atoms with Crippen molar-refractivity contribution in [2.75, 3.05) is 7.11 Å². The first-order chi connectivity index (χ1) is 6.63. The number of benzene rings is 1. The normalized spacial score (nSPS) is 11.9. The van der Waals surface area contributed by atoms with Crippen LogP contribution in [-0.4, -0.2) is 12.0 Å². The molecule has 0 bridgehead atoms. The van der Waals surface area contributed by atoms with Gasteiger partial charge in [-0.1, -0.05) is 6.58 Å². The van der Waals surface area contributed by atoms with Gasteiger partial charge in [-0.2, -0.15) is 0 Å². The lowest BCUT2D eigenvalue weighted by Gasteiger charge is -2.06. The SMILES string of the molecule is C=C(O[PH](=O)O)c1ccc(OC)cc1. The molecule has 1 rings (SSSR count). The standard InChI is InChI=1S/C9H11O4P/c1-7(13-14(10)11)8-3-5-9(12-2)6-4-8/h3-6,14H,1H2,2H3,(H,10,11). The molecule has 1 N–H and O–H groups in total. The van der Waals surface area contributed by atoms with Crippen molar-refractivity contribution in [3.8, 4) is 5.75 Å². The molecular weight excluding hydrogens is 203 g/mol. The molecule has 0 aliphatic carbocycles. The maximum atomic E-state index is 10.4. The van der Waals surface area contributed by atoms with E-state index in [4.69, 9.17) is 9.63 Å². The summed E-state index contributed by atoms with van der Waals surface area (Å²) >= 11 is 0. The Labute approximate surface area is 82.7 Å². The van der Waals surface area contributed by atoms with Crippen LogP contribution in [0.4, 0.5) is 0 Å². The van der Waals surface area contributed by atoms with Crippen molar-refractivity contribution in [1.82, 2.24) is 0 Å². The first-order valence-electron chi connectivity index (χ1n) is 3.87. The lowest BCUT2D eigenvalue weighted by molar-refractivity contribution is 0.393. The van der Waals surface area contributed by atoms with Gasteiger partial charge < -0.3 is 14.2 Å². The fourth-order valence-electron chi connectivity index (χ4n) is 0.941. The molecule has 0 spiro atoms. The lowest BCUT2D eigenvalue weighted by atomic mass is 10.2. The van der Waals surface area contributed by atoms with E-state index in [2.05, 4.69) is 11.1 Å². The molecular formula is C9H11O4P. The zero-order valence-corrected chi connectivity index (χ0v) is 8.69. The topological polar surface area (TPSA) is 55.8 Å². The van der Waals surface area contributed by atoms with Crippen molar-refractivity contribution in [2.45, 2.75) is 0 Å². The molecule has 5 heteroatoms. The van der Waals surface area contributed by atoms with Crippen molar-refractivity contribution in [3.05, 3.63) is 36.4 Å². The Bertz CT molecular complexity index is 344. The second kappa shape index (κ2) is 4.84. The molecule has 1 aromatic carbocycles. The summed E-state index contributed by atoms with van der Waals surface area (Å²) in [5, 5.41) is 0. The van der Waals surface area contributed by atoms with Crippen LogP contribution in [0.3, 0.4) is 0 Å². The van der Waals surface area contributed by atoms with Gasteiger partial charge in [-0.25, -0.2) is 4.57 Å². The molecule has 1 unspecified atom stereocenters. The van der Waals surface area contributed by atoms with Gasteiger partial charge >= 0.3 is 8.25 Å². The van der Waals surface area contributed by atoms with Gasteiger partial charge in [0.1, 0.15) is 11.5 Å². The van der Waals surface area contributed by atoms with Crippen LogP contribution < -0.4 is 4.74 Å². The van der Waals surface area contributed by atoms with Crippen LogP contribution in [0.1, 0.15) is 5.56 Å². The average Bonchev–Trinajstić information content (AvgIpc) is 2.17. The van der Waals surface area contributed by atoms with E-state index in [1.165, 1.54) is 0 Å². The average molecular weight is 214 g/mol. The number of ether oxygens (including phenoxy) is 1. The maximum Gasteiger partial charge on any atom is 0.365 e. The third kappa shape index (κ3) is 2.91. The first kappa shape index (κ1) is 10.8. The Balaban J connectivity index is 2.76. The lowest BCUT2D eigenvalue weighted by Crippen LogP contribution is -1.85. The van der Waals surface area contributed by atoms with Crippen LogP contribution in [0.25, 0.3) is 5.76 Å². The second-order valence-corrected chi connectivity index (χ2v) is 3.26. The third-order valence-corrected chi connectivity index (χ3v) is 2.04. The second-order valence-electron chi connectivity index (χ2n) is 2.52. The number of hydrogen-bond acceptors (Lipinski definition) is 3.